The molecule has 0 spiro atoms. The second-order valence-corrected chi connectivity index (χ2v) is 9.17. The zero-order valence-corrected chi connectivity index (χ0v) is 17.2. The molecule has 7 heteroatoms. The third-order valence-corrected chi connectivity index (χ3v) is 4.37. The van der Waals surface area contributed by atoms with E-state index in [1.165, 1.54) is 0 Å². The molecule has 0 aromatic carbocycles. The minimum absolute atomic E-state index is 0.0606. The maximum absolute atomic E-state index is 13.2. The summed E-state index contributed by atoms with van der Waals surface area (Å²) in [5.74, 6) is -0.650. The number of amides is 2. The number of carbonyl (C=O) groups excluding carboxylic acids is 3. The number of ether oxygens (including phenoxy) is 2. The Bertz CT molecular complexity index is 615. The Kier molecular flexibility index (Phi) is 6.22. The minimum Gasteiger partial charge on any atom is -0.458 e. The molecule has 0 aromatic rings. The van der Waals surface area contributed by atoms with Gasteiger partial charge in [-0.05, 0) is 67.2 Å². The smallest absolute Gasteiger partial charge is 0.408 e. The van der Waals surface area contributed by atoms with Crippen LogP contribution in [0.4, 0.5) is 4.79 Å². The molecule has 2 amide bonds. The second-order valence-electron chi connectivity index (χ2n) is 9.17. The van der Waals surface area contributed by atoms with Gasteiger partial charge in [-0.15, -0.1) is 0 Å². The first kappa shape index (κ1) is 21.3. The Hall–Kier alpha value is -2.05. The normalized spacial score (nSPS) is 26.1. The van der Waals surface area contributed by atoms with Crippen molar-refractivity contribution < 1.29 is 23.9 Å². The van der Waals surface area contributed by atoms with E-state index < -0.39 is 29.4 Å². The first-order valence-corrected chi connectivity index (χ1v) is 9.57. The van der Waals surface area contributed by atoms with Gasteiger partial charge in [0.05, 0.1) is 0 Å². The zero-order valence-electron chi connectivity index (χ0n) is 17.2. The van der Waals surface area contributed by atoms with E-state index in [9.17, 15) is 14.4 Å². The Labute approximate surface area is 161 Å². The first-order chi connectivity index (χ1) is 12.4. The monoisotopic (exact) mass is 380 g/mol. The van der Waals surface area contributed by atoms with Crippen LogP contribution in [0.1, 0.15) is 67.2 Å². The van der Waals surface area contributed by atoms with Crippen molar-refractivity contribution in [3.05, 3.63) is 12.2 Å². The molecule has 27 heavy (non-hydrogen) atoms. The van der Waals surface area contributed by atoms with Gasteiger partial charge in [-0.25, -0.2) is 9.59 Å². The van der Waals surface area contributed by atoms with Crippen LogP contribution in [0.2, 0.25) is 0 Å². The maximum Gasteiger partial charge on any atom is 0.408 e. The summed E-state index contributed by atoms with van der Waals surface area (Å²) in [6, 6.07) is -1.44. The number of carbonyl (C=O) groups is 3. The standard InChI is InChI=1S/C20H32N2O5/c1-19(2,3)26-17(24)15-12-11-13-9-7-8-10-14(16(23)22(13)15)21-18(25)27-20(4,5)6/h7-8,13-15H,9-12H2,1-6H3,(H,21,25)/t13-,14?,15+/m1/s1. The van der Waals surface area contributed by atoms with Crippen LogP contribution in [-0.4, -0.2) is 52.2 Å². The van der Waals surface area contributed by atoms with E-state index in [1.807, 2.05) is 32.9 Å². The lowest BCUT2D eigenvalue weighted by Crippen LogP contribution is -2.55. The molecule has 2 aliphatic rings. The van der Waals surface area contributed by atoms with Crippen molar-refractivity contribution in [2.75, 3.05) is 0 Å². The summed E-state index contributed by atoms with van der Waals surface area (Å²) < 4.78 is 10.8. The molecule has 1 fully saturated rings. The van der Waals surface area contributed by atoms with Crippen molar-refractivity contribution >= 4 is 18.0 Å². The van der Waals surface area contributed by atoms with Crippen LogP contribution >= 0.6 is 0 Å². The summed E-state index contributed by atoms with van der Waals surface area (Å²) in [4.78, 5) is 39.6. The highest BCUT2D eigenvalue weighted by molar-refractivity contribution is 5.91. The van der Waals surface area contributed by atoms with Gasteiger partial charge in [-0.3, -0.25) is 4.79 Å². The van der Waals surface area contributed by atoms with Gasteiger partial charge < -0.3 is 19.7 Å². The molecule has 1 unspecified atom stereocenters. The van der Waals surface area contributed by atoms with Crippen molar-refractivity contribution in [3.8, 4) is 0 Å². The molecule has 0 saturated carbocycles. The van der Waals surface area contributed by atoms with E-state index >= 15 is 0 Å². The van der Waals surface area contributed by atoms with Gasteiger partial charge in [0.2, 0.25) is 5.91 Å². The molecule has 2 heterocycles. The SMILES string of the molecule is CC(C)(C)OC(=O)NC1CC=CC[C@@H]2CC[C@@H](C(=O)OC(C)(C)C)N2C1=O. The van der Waals surface area contributed by atoms with E-state index in [2.05, 4.69) is 5.32 Å². The third-order valence-electron chi connectivity index (χ3n) is 4.37. The molecular weight excluding hydrogens is 348 g/mol. The fourth-order valence-corrected chi connectivity index (χ4v) is 3.39. The largest absolute Gasteiger partial charge is 0.458 e. The molecule has 3 atom stereocenters. The van der Waals surface area contributed by atoms with Crippen molar-refractivity contribution in [2.24, 2.45) is 0 Å². The van der Waals surface area contributed by atoms with E-state index in [0.29, 0.717) is 19.3 Å². The molecule has 0 aliphatic carbocycles. The molecule has 0 bridgehead atoms. The van der Waals surface area contributed by atoms with Crippen molar-refractivity contribution in [3.63, 3.8) is 0 Å². The molecule has 7 nitrogen and oxygen atoms in total. The first-order valence-electron chi connectivity index (χ1n) is 9.57. The quantitative estimate of drug-likeness (QED) is 0.588. The van der Waals surface area contributed by atoms with E-state index in [4.69, 9.17) is 9.47 Å². The highest BCUT2D eigenvalue weighted by atomic mass is 16.6. The zero-order chi connectivity index (χ0) is 20.4. The fourth-order valence-electron chi connectivity index (χ4n) is 3.39. The molecule has 2 rings (SSSR count). The Morgan fingerprint density at radius 1 is 1.00 bits per heavy atom. The van der Waals surface area contributed by atoms with E-state index in [1.54, 1.807) is 25.7 Å². The average Bonchev–Trinajstić information content (AvgIpc) is 2.88. The number of fused-ring (bicyclic) bond motifs is 1. The van der Waals surface area contributed by atoms with Crippen LogP contribution in [0, 0.1) is 0 Å². The summed E-state index contributed by atoms with van der Waals surface area (Å²) in [5, 5.41) is 2.66. The summed E-state index contributed by atoms with van der Waals surface area (Å²) in [6.45, 7) is 10.7. The maximum atomic E-state index is 13.2. The number of rotatable bonds is 2. The van der Waals surface area contributed by atoms with Crippen LogP contribution in [0.15, 0.2) is 12.2 Å². The van der Waals surface area contributed by atoms with Gasteiger partial charge in [-0.1, -0.05) is 12.2 Å². The average molecular weight is 380 g/mol. The predicted octanol–water partition coefficient (Wildman–Crippen LogP) is 2.93. The van der Waals surface area contributed by atoms with Crippen LogP contribution in [0.25, 0.3) is 0 Å². The molecule has 0 aromatic heterocycles. The number of nitrogens with one attached hydrogen (secondary N) is 1. The van der Waals surface area contributed by atoms with Gasteiger partial charge in [0, 0.05) is 6.04 Å². The lowest BCUT2D eigenvalue weighted by molar-refractivity contribution is -0.164. The van der Waals surface area contributed by atoms with Crippen LogP contribution < -0.4 is 5.32 Å². The number of esters is 1. The predicted molar refractivity (Wildman–Crippen MR) is 101 cm³/mol. The minimum atomic E-state index is -0.762. The summed E-state index contributed by atoms with van der Waals surface area (Å²) in [6.07, 6.45) is 5.63. The summed E-state index contributed by atoms with van der Waals surface area (Å²) in [5.41, 5.74) is -1.27. The topological polar surface area (TPSA) is 84.9 Å². The van der Waals surface area contributed by atoms with Crippen LogP contribution in [-0.2, 0) is 19.1 Å². The van der Waals surface area contributed by atoms with Crippen molar-refractivity contribution in [1.29, 1.82) is 0 Å². The third kappa shape index (κ3) is 5.97. The van der Waals surface area contributed by atoms with E-state index in [0.717, 1.165) is 6.42 Å². The Morgan fingerprint density at radius 2 is 1.59 bits per heavy atom. The lowest BCUT2D eigenvalue weighted by Gasteiger charge is -2.34. The molecule has 1 saturated heterocycles. The summed E-state index contributed by atoms with van der Waals surface area (Å²) >= 11 is 0. The highest BCUT2D eigenvalue weighted by Gasteiger charge is 2.45. The van der Waals surface area contributed by atoms with Gasteiger partial charge >= 0.3 is 12.1 Å². The molecule has 0 radical (unpaired) electrons. The molecule has 2 aliphatic heterocycles. The van der Waals surface area contributed by atoms with E-state index in [-0.39, 0.29) is 17.9 Å². The molecular formula is C20H32N2O5. The number of nitrogens with zero attached hydrogens (tertiary/aromatic N) is 1. The van der Waals surface area contributed by atoms with Gasteiger partial charge in [-0.2, -0.15) is 0 Å². The van der Waals surface area contributed by atoms with Crippen LogP contribution in [0.5, 0.6) is 0 Å². The number of alkyl carbamates (subject to hydrolysis) is 1. The van der Waals surface area contributed by atoms with Crippen LogP contribution in [0.3, 0.4) is 0 Å². The summed E-state index contributed by atoms with van der Waals surface area (Å²) in [7, 11) is 0. The lowest BCUT2D eigenvalue weighted by atomic mass is 10.0. The number of hydrogen-bond acceptors (Lipinski definition) is 5. The van der Waals surface area contributed by atoms with Crippen molar-refractivity contribution in [2.45, 2.75) is 96.6 Å². The number of hydrogen-bond donors (Lipinski definition) is 1. The van der Waals surface area contributed by atoms with Gasteiger partial charge in [0.1, 0.15) is 23.3 Å². The second kappa shape index (κ2) is 7.90. The van der Waals surface area contributed by atoms with Crippen molar-refractivity contribution in [1.82, 2.24) is 10.2 Å². The van der Waals surface area contributed by atoms with Gasteiger partial charge in [0.15, 0.2) is 0 Å². The van der Waals surface area contributed by atoms with Gasteiger partial charge in [0.25, 0.3) is 0 Å². The Balaban J connectivity index is 2.17. The highest BCUT2D eigenvalue weighted by Crippen LogP contribution is 2.31. The Morgan fingerprint density at radius 3 is 2.19 bits per heavy atom. The molecule has 152 valence electrons. The molecule has 1 N–H and O–H groups in total. The fraction of sp³-hybridized carbons (Fsp3) is 0.750.